The molecule has 1 aromatic heterocycles. The third-order valence-electron chi connectivity index (χ3n) is 3.58. The van der Waals surface area contributed by atoms with Crippen molar-refractivity contribution in [3.05, 3.63) is 45.5 Å². The maximum atomic E-state index is 4.32. The summed E-state index contributed by atoms with van der Waals surface area (Å²) >= 11 is 1.53. The van der Waals surface area contributed by atoms with Crippen LogP contribution in [0.25, 0.3) is 0 Å². The lowest BCUT2D eigenvalue weighted by Gasteiger charge is -2.19. The summed E-state index contributed by atoms with van der Waals surface area (Å²) in [6.07, 6.45) is 0.986. The molecular weight excluding hydrogens is 278 g/mol. The molecule has 0 saturated heterocycles. The van der Waals surface area contributed by atoms with Crippen LogP contribution >= 0.6 is 11.5 Å². The highest BCUT2D eigenvalue weighted by Gasteiger charge is 2.21. The molecule has 21 heavy (non-hydrogen) atoms. The Kier molecular flexibility index (Phi) is 5.48. The van der Waals surface area contributed by atoms with Crippen LogP contribution in [-0.4, -0.2) is 16.1 Å². The van der Waals surface area contributed by atoms with Gasteiger partial charge in [0, 0.05) is 6.04 Å². The zero-order valence-corrected chi connectivity index (χ0v) is 14.4. The Balaban J connectivity index is 2.28. The Hall–Kier alpha value is -1.26. The van der Waals surface area contributed by atoms with E-state index in [4.69, 9.17) is 0 Å². The van der Waals surface area contributed by atoms with Crippen LogP contribution in [0.1, 0.15) is 60.0 Å². The Morgan fingerprint density at radius 1 is 1.14 bits per heavy atom. The van der Waals surface area contributed by atoms with E-state index in [-0.39, 0.29) is 0 Å². The molecule has 0 amide bonds. The molecule has 114 valence electrons. The van der Waals surface area contributed by atoms with E-state index in [1.807, 2.05) is 0 Å². The molecule has 3 nitrogen and oxygen atoms in total. The lowest BCUT2D eigenvalue weighted by Crippen LogP contribution is -2.23. The molecule has 0 fully saturated rings. The van der Waals surface area contributed by atoms with Gasteiger partial charge in [-0.2, -0.15) is 0 Å². The average Bonchev–Trinajstić information content (AvgIpc) is 2.86. The summed E-state index contributed by atoms with van der Waals surface area (Å²) in [5, 5.41) is 7.92. The van der Waals surface area contributed by atoms with Gasteiger partial charge >= 0.3 is 0 Å². The molecule has 0 aliphatic heterocycles. The van der Waals surface area contributed by atoms with E-state index in [2.05, 4.69) is 67.7 Å². The molecule has 0 bridgehead atoms. The second-order valence-electron chi connectivity index (χ2n) is 5.99. The minimum Gasteiger partial charge on any atom is -0.309 e. The molecule has 1 heterocycles. The number of likely N-dealkylation sites (N-methyl/N-ethyl adjacent to an activating group) is 1. The molecule has 2 aromatic rings. The fraction of sp³-hybridized carbons (Fsp3) is 0.529. The van der Waals surface area contributed by atoms with E-state index in [0.29, 0.717) is 12.0 Å². The molecule has 1 aromatic carbocycles. The number of aryl methyl sites for hydroxylation is 2. The van der Waals surface area contributed by atoms with Crippen LogP contribution in [0.5, 0.6) is 0 Å². The van der Waals surface area contributed by atoms with E-state index in [0.717, 1.165) is 18.7 Å². The smallest absolute Gasteiger partial charge is 0.0829 e. The number of nitrogens with zero attached hydrogens (tertiary/aromatic N) is 2. The van der Waals surface area contributed by atoms with E-state index in [1.54, 1.807) is 0 Å². The standard InChI is InChI=1S/C17H25N3S/c1-6-18-15(17-16(11(2)3)19-20-21-17)10-14-8-12(4)7-13(5)9-14/h7-9,11,15,18H,6,10H2,1-5H3. The third kappa shape index (κ3) is 4.11. The summed E-state index contributed by atoms with van der Waals surface area (Å²) in [6.45, 7) is 11.8. The lowest BCUT2D eigenvalue weighted by molar-refractivity contribution is 0.549. The molecule has 0 saturated carbocycles. The van der Waals surface area contributed by atoms with Crippen LogP contribution in [-0.2, 0) is 6.42 Å². The van der Waals surface area contributed by atoms with Crippen molar-refractivity contribution < 1.29 is 0 Å². The second-order valence-corrected chi connectivity index (χ2v) is 6.77. The van der Waals surface area contributed by atoms with Gasteiger partial charge in [-0.1, -0.05) is 54.6 Å². The van der Waals surface area contributed by atoms with Crippen molar-refractivity contribution >= 4 is 11.5 Å². The number of hydrogen-bond acceptors (Lipinski definition) is 4. The average molecular weight is 303 g/mol. The van der Waals surface area contributed by atoms with Gasteiger partial charge in [0.25, 0.3) is 0 Å². The van der Waals surface area contributed by atoms with Crippen LogP contribution in [0.2, 0.25) is 0 Å². The van der Waals surface area contributed by atoms with Crippen molar-refractivity contribution in [2.24, 2.45) is 0 Å². The van der Waals surface area contributed by atoms with Gasteiger partial charge in [0.15, 0.2) is 0 Å². The van der Waals surface area contributed by atoms with Crippen LogP contribution in [0, 0.1) is 13.8 Å². The normalized spacial score (nSPS) is 12.9. The van der Waals surface area contributed by atoms with Gasteiger partial charge in [-0.05, 0) is 49.8 Å². The van der Waals surface area contributed by atoms with Crippen molar-refractivity contribution in [3.63, 3.8) is 0 Å². The quantitative estimate of drug-likeness (QED) is 0.870. The van der Waals surface area contributed by atoms with E-state index in [9.17, 15) is 0 Å². The first-order valence-electron chi connectivity index (χ1n) is 7.64. The summed E-state index contributed by atoms with van der Waals surface area (Å²) in [6, 6.07) is 7.08. The van der Waals surface area contributed by atoms with E-state index in [1.165, 1.54) is 33.1 Å². The second kappa shape index (κ2) is 7.14. The Bertz CT molecular complexity index is 569. The van der Waals surface area contributed by atoms with Gasteiger partial charge in [-0.3, -0.25) is 0 Å². The Labute approximate surface area is 132 Å². The molecule has 1 atom stereocenters. The first-order chi connectivity index (χ1) is 10.0. The number of aromatic nitrogens is 2. The topological polar surface area (TPSA) is 37.8 Å². The summed E-state index contributed by atoms with van der Waals surface area (Å²) in [5.74, 6) is 0.416. The molecule has 1 N–H and O–H groups in total. The SMILES string of the molecule is CCNC(Cc1cc(C)cc(C)c1)c1snnc1C(C)C. The zero-order chi connectivity index (χ0) is 15.4. The van der Waals surface area contributed by atoms with Gasteiger partial charge < -0.3 is 5.32 Å². The summed E-state index contributed by atoms with van der Waals surface area (Å²) in [5.41, 5.74) is 5.16. The molecule has 1 unspecified atom stereocenters. The lowest BCUT2D eigenvalue weighted by atomic mass is 9.98. The third-order valence-corrected chi connectivity index (χ3v) is 4.43. The summed E-state index contributed by atoms with van der Waals surface area (Å²) in [7, 11) is 0. The monoisotopic (exact) mass is 303 g/mol. The van der Waals surface area contributed by atoms with Crippen molar-refractivity contribution in [1.29, 1.82) is 0 Å². The maximum Gasteiger partial charge on any atom is 0.0829 e. The summed E-state index contributed by atoms with van der Waals surface area (Å²) < 4.78 is 4.17. The fourth-order valence-corrected chi connectivity index (χ4v) is 3.65. The molecular formula is C17H25N3S. The Morgan fingerprint density at radius 3 is 2.38 bits per heavy atom. The van der Waals surface area contributed by atoms with Gasteiger partial charge in [0.05, 0.1) is 10.6 Å². The van der Waals surface area contributed by atoms with Crippen molar-refractivity contribution in [2.45, 2.75) is 53.0 Å². The minimum absolute atomic E-state index is 0.300. The van der Waals surface area contributed by atoms with Crippen LogP contribution in [0.4, 0.5) is 0 Å². The van der Waals surface area contributed by atoms with Crippen molar-refractivity contribution in [1.82, 2.24) is 14.9 Å². The van der Waals surface area contributed by atoms with E-state index < -0.39 is 0 Å². The highest BCUT2D eigenvalue weighted by atomic mass is 32.1. The number of hydrogen-bond donors (Lipinski definition) is 1. The molecule has 0 radical (unpaired) electrons. The molecule has 0 aliphatic carbocycles. The summed E-state index contributed by atoms with van der Waals surface area (Å²) in [4.78, 5) is 1.28. The molecule has 2 rings (SSSR count). The largest absolute Gasteiger partial charge is 0.309 e. The fourth-order valence-electron chi connectivity index (χ4n) is 2.77. The number of benzene rings is 1. The van der Waals surface area contributed by atoms with Crippen molar-refractivity contribution in [3.8, 4) is 0 Å². The van der Waals surface area contributed by atoms with E-state index >= 15 is 0 Å². The Morgan fingerprint density at radius 2 is 1.81 bits per heavy atom. The highest BCUT2D eigenvalue weighted by Crippen LogP contribution is 2.29. The molecule has 0 aliphatic rings. The number of rotatable bonds is 6. The van der Waals surface area contributed by atoms with Gasteiger partial charge in [-0.15, -0.1) is 5.10 Å². The van der Waals surface area contributed by atoms with Gasteiger partial charge in [-0.25, -0.2) is 0 Å². The number of nitrogens with one attached hydrogen (secondary N) is 1. The predicted molar refractivity (Wildman–Crippen MR) is 90.0 cm³/mol. The van der Waals surface area contributed by atoms with Crippen LogP contribution in [0.15, 0.2) is 18.2 Å². The van der Waals surface area contributed by atoms with Gasteiger partial charge in [0.2, 0.25) is 0 Å². The van der Waals surface area contributed by atoms with Crippen molar-refractivity contribution in [2.75, 3.05) is 6.54 Å². The minimum atomic E-state index is 0.300. The molecule has 4 heteroatoms. The maximum absolute atomic E-state index is 4.32. The van der Waals surface area contributed by atoms with Crippen LogP contribution < -0.4 is 5.32 Å². The predicted octanol–water partition coefficient (Wildman–Crippen LogP) is 4.17. The highest BCUT2D eigenvalue weighted by molar-refractivity contribution is 7.05. The van der Waals surface area contributed by atoms with Crippen LogP contribution in [0.3, 0.4) is 0 Å². The zero-order valence-electron chi connectivity index (χ0n) is 13.6. The first-order valence-corrected chi connectivity index (χ1v) is 8.41. The van der Waals surface area contributed by atoms with Gasteiger partial charge in [0.1, 0.15) is 0 Å². The first kappa shape index (κ1) is 16.1. The molecule has 0 spiro atoms.